The van der Waals surface area contributed by atoms with E-state index in [1.165, 1.54) is 56.5 Å². The van der Waals surface area contributed by atoms with Crippen molar-refractivity contribution in [1.82, 2.24) is 15.2 Å². The number of aromatic nitrogens is 1. The predicted octanol–water partition coefficient (Wildman–Crippen LogP) is 3.76. The molecule has 2 aromatic rings. The lowest BCUT2D eigenvalue weighted by Crippen LogP contribution is -2.51. The quantitative estimate of drug-likeness (QED) is 0.722. The fourth-order valence-electron chi connectivity index (χ4n) is 4.51. The summed E-state index contributed by atoms with van der Waals surface area (Å²) in [5.41, 5.74) is 1.64. The molecule has 1 aromatic heterocycles. The van der Waals surface area contributed by atoms with Crippen LogP contribution in [0.5, 0.6) is 5.75 Å². The van der Waals surface area contributed by atoms with Gasteiger partial charge in [0.15, 0.2) is 5.13 Å². The zero-order valence-corrected chi connectivity index (χ0v) is 17.8. The molecule has 0 saturated carbocycles. The number of hydrogen-bond acceptors (Lipinski definition) is 6. The fourth-order valence-corrected chi connectivity index (χ4v) is 5.20. The molecular weight excluding hydrogens is 384 g/mol. The molecule has 156 valence electrons. The van der Waals surface area contributed by atoms with Gasteiger partial charge in [0.1, 0.15) is 11.4 Å². The first-order valence-corrected chi connectivity index (χ1v) is 11.5. The Kier molecular flexibility index (Phi) is 6.67. The third-order valence-electron chi connectivity index (χ3n) is 6.09. The van der Waals surface area contributed by atoms with Crippen molar-refractivity contribution in [1.29, 1.82) is 0 Å². The Morgan fingerprint density at radius 1 is 1.21 bits per heavy atom. The number of ether oxygens (including phenoxy) is 1. The third-order valence-corrected chi connectivity index (χ3v) is 6.89. The van der Waals surface area contributed by atoms with Crippen LogP contribution in [0.1, 0.15) is 48.2 Å². The smallest absolute Gasteiger partial charge is 0.270 e. The molecule has 0 spiro atoms. The summed E-state index contributed by atoms with van der Waals surface area (Å²) in [6.07, 6.45) is 6.37. The summed E-state index contributed by atoms with van der Waals surface area (Å²) in [7, 11) is 1.66. The molecule has 6 nitrogen and oxygen atoms in total. The van der Waals surface area contributed by atoms with Crippen LogP contribution in [0.4, 0.5) is 5.13 Å². The number of carbonyl (C=O) groups excluding carboxylic acids is 1. The van der Waals surface area contributed by atoms with Crippen molar-refractivity contribution in [2.75, 3.05) is 32.1 Å². The lowest BCUT2D eigenvalue weighted by Gasteiger charge is -2.44. The summed E-state index contributed by atoms with van der Waals surface area (Å²) in [4.78, 5) is 19.7. The number of nitrogens with one attached hydrogen (secondary N) is 2. The highest BCUT2D eigenvalue weighted by molar-refractivity contribution is 7.13. The minimum atomic E-state index is -0.0633. The van der Waals surface area contributed by atoms with E-state index >= 15 is 0 Å². The number of fused-ring (bicyclic) bond motifs is 1. The van der Waals surface area contributed by atoms with E-state index in [2.05, 4.69) is 20.5 Å². The van der Waals surface area contributed by atoms with E-state index in [9.17, 15) is 4.79 Å². The molecule has 2 fully saturated rings. The van der Waals surface area contributed by atoms with E-state index in [1.54, 1.807) is 7.11 Å². The first-order valence-electron chi connectivity index (χ1n) is 10.6. The Hall–Kier alpha value is -2.12. The average molecular weight is 415 g/mol. The fraction of sp³-hybridized carbons (Fsp3) is 0.545. The number of amides is 1. The van der Waals surface area contributed by atoms with Crippen molar-refractivity contribution in [3.8, 4) is 5.75 Å². The number of benzene rings is 1. The van der Waals surface area contributed by atoms with Gasteiger partial charge in [-0.15, -0.1) is 11.3 Å². The van der Waals surface area contributed by atoms with Gasteiger partial charge in [-0.05, 0) is 62.4 Å². The van der Waals surface area contributed by atoms with Gasteiger partial charge in [-0.1, -0.05) is 18.6 Å². The second-order valence-electron chi connectivity index (χ2n) is 7.95. The van der Waals surface area contributed by atoms with Gasteiger partial charge < -0.3 is 20.3 Å². The summed E-state index contributed by atoms with van der Waals surface area (Å²) in [5, 5.41) is 9.03. The van der Waals surface area contributed by atoms with Gasteiger partial charge in [0.25, 0.3) is 5.91 Å². The van der Waals surface area contributed by atoms with Crippen LogP contribution < -0.4 is 15.4 Å². The Morgan fingerprint density at radius 3 is 2.86 bits per heavy atom. The summed E-state index contributed by atoms with van der Waals surface area (Å²) < 4.78 is 5.18. The molecule has 2 unspecified atom stereocenters. The maximum Gasteiger partial charge on any atom is 0.270 e. The summed E-state index contributed by atoms with van der Waals surface area (Å²) in [6, 6.07) is 8.57. The number of anilines is 1. The molecular formula is C22H30N4O2S. The highest BCUT2D eigenvalue weighted by atomic mass is 32.1. The zero-order chi connectivity index (χ0) is 20.1. The number of thiazole rings is 1. The molecule has 0 radical (unpaired) electrons. The highest BCUT2D eigenvalue weighted by Gasteiger charge is 2.33. The normalized spacial score (nSPS) is 22.0. The summed E-state index contributed by atoms with van der Waals surface area (Å²) >= 11 is 1.47. The number of carbonyl (C=O) groups is 1. The van der Waals surface area contributed by atoms with Gasteiger partial charge in [0.05, 0.1) is 7.11 Å². The second-order valence-corrected chi connectivity index (χ2v) is 8.81. The van der Waals surface area contributed by atoms with Crippen LogP contribution in [0.3, 0.4) is 0 Å². The first-order chi connectivity index (χ1) is 14.2. The van der Waals surface area contributed by atoms with E-state index in [1.807, 2.05) is 29.6 Å². The Labute approximate surface area is 176 Å². The van der Waals surface area contributed by atoms with Gasteiger partial charge in [-0.25, -0.2) is 4.98 Å². The molecule has 2 aliphatic heterocycles. The van der Waals surface area contributed by atoms with Crippen LogP contribution in [0, 0.1) is 5.92 Å². The molecule has 2 saturated heterocycles. The minimum absolute atomic E-state index is 0.0633. The van der Waals surface area contributed by atoms with Crippen LogP contribution >= 0.6 is 11.3 Å². The molecule has 29 heavy (non-hydrogen) atoms. The van der Waals surface area contributed by atoms with Crippen LogP contribution in [0.25, 0.3) is 0 Å². The molecule has 4 rings (SSSR count). The maximum atomic E-state index is 12.6. The average Bonchev–Trinajstić information content (AvgIpc) is 3.25. The van der Waals surface area contributed by atoms with E-state index in [-0.39, 0.29) is 5.91 Å². The maximum absolute atomic E-state index is 12.6. The van der Waals surface area contributed by atoms with E-state index in [0.717, 1.165) is 23.0 Å². The third kappa shape index (κ3) is 5.08. The van der Waals surface area contributed by atoms with Gasteiger partial charge >= 0.3 is 0 Å². The van der Waals surface area contributed by atoms with Crippen LogP contribution in [-0.2, 0) is 6.54 Å². The Bertz CT molecular complexity index is 805. The monoisotopic (exact) mass is 414 g/mol. The molecule has 2 N–H and O–H groups in total. The SMILES string of the molecule is COc1ccc(CNc2nc(C(=O)NCC3CCCN4CCCCC34)cs2)cc1. The number of hydrogen-bond donors (Lipinski definition) is 2. The van der Waals surface area contributed by atoms with Crippen molar-refractivity contribution in [2.24, 2.45) is 5.92 Å². The van der Waals surface area contributed by atoms with E-state index < -0.39 is 0 Å². The first kappa shape index (κ1) is 20.2. The van der Waals surface area contributed by atoms with Crippen molar-refractivity contribution < 1.29 is 9.53 Å². The van der Waals surface area contributed by atoms with Crippen molar-refractivity contribution >= 4 is 22.4 Å². The topological polar surface area (TPSA) is 66.5 Å². The van der Waals surface area contributed by atoms with Crippen LogP contribution in [0.15, 0.2) is 29.6 Å². The molecule has 1 aromatic carbocycles. The van der Waals surface area contributed by atoms with Crippen molar-refractivity contribution in [3.63, 3.8) is 0 Å². The summed E-state index contributed by atoms with van der Waals surface area (Å²) in [5.74, 6) is 1.35. The van der Waals surface area contributed by atoms with Crippen molar-refractivity contribution in [3.05, 3.63) is 40.9 Å². The summed E-state index contributed by atoms with van der Waals surface area (Å²) in [6.45, 7) is 3.87. The van der Waals surface area contributed by atoms with Crippen molar-refractivity contribution in [2.45, 2.75) is 44.7 Å². The molecule has 7 heteroatoms. The van der Waals surface area contributed by atoms with Gasteiger partial charge in [0.2, 0.25) is 0 Å². The molecule has 0 aliphatic carbocycles. The van der Waals surface area contributed by atoms with E-state index in [4.69, 9.17) is 4.74 Å². The number of piperidine rings is 2. The Morgan fingerprint density at radius 2 is 2.03 bits per heavy atom. The van der Waals surface area contributed by atoms with Gasteiger partial charge in [-0.3, -0.25) is 4.79 Å². The predicted molar refractivity (Wildman–Crippen MR) is 117 cm³/mol. The molecule has 3 heterocycles. The molecule has 2 aliphatic rings. The lowest BCUT2D eigenvalue weighted by atomic mass is 9.83. The minimum Gasteiger partial charge on any atom is -0.497 e. The zero-order valence-electron chi connectivity index (χ0n) is 17.0. The number of methoxy groups -OCH3 is 1. The van der Waals surface area contributed by atoms with Gasteiger partial charge in [0, 0.05) is 24.5 Å². The molecule has 0 bridgehead atoms. The number of nitrogens with zero attached hydrogens (tertiary/aromatic N) is 2. The lowest BCUT2D eigenvalue weighted by molar-refractivity contribution is 0.0575. The largest absolute Gasteiger partial charge is 0.497 e. The second kappa shape index (κ2) is 9.59. The molecule has 2 atom stereocenters. The molecule has 1 amide bonds. The van der Waals surface area contributed by atoms with Crippen LogP contribution in [0.2, 0.25) is 0 Å². The van der Waals surface area contributed by atoms with Crippen LogP contribution in [-0.4, -0.2) is 48.6 Å². The standard InChI is InChI=1S/C22H30N4O2S/c1-28-18-9-7-16(8-10-18)13-24-22-25-19(15-29-22)21(27)23-14-17-5-4-12-26-11-3-2-6-20(17)26/h7-10,15,17,20H,2-6,11-14H2,1H3,(H,23,27)(H,24,25). The highest BCUT2D eigenvalue weighted by Crippen LogP contribution is 2.30. The Balaban J connectivity index is 1.26. The van der Waals surface area contributed by atoms with Gasteiger partial charge in [-0.2, -0.15) is 0 Å². The number of rotatable bonds is 7. The van der Waals surface area contributed by atoms with E-state index in [0.29, 0.717) is 24.2 Å².